The Balaban J connectivity index is 1.72. The molecule has 0 aliphatic heterocycles. The van der Waals surface area contributed by atoms with E-state index in [4.69, 9.17) is 21.6 Å². The van der Waals surface area contributed by atoms with Crippen LogP contribution in [0.4, 0.5) is 0 Å². The first-order valence-electron chi connectivity index (χ1n) is 7.19. The summed E-state index contributed by atoms with van der Waals surface area (Å²) in [7, 11) is 0. The number of rotatable bonds is 3. The minimum Gasteiger partial charge on any atom is -0.489 e. The molecule has 0 radical (unpaired) electrons. The lowest BCUT2D eigenvalue weighted by Crippen LogP contribution is -2.03. The van der Waals surface area contributed by atoms with E-state index >= 15 is 0 Å². The average molecular weight is 298 g/mol. The molecule has 0 unspecified atom stereocenters. The molecule has 0 saturated carbocycles. The fourth-order valence-corrected chi connectivity index (χ4v) is 2.93. The van der Waals surface area contributed by atoms with E-state index in [0.29, 0.717) is 17.2 Å². The van der Waals surface area contributed by atoms with Gasteiger partial charge in [0.25, 0.3) is 0 Å². The Morgan fingerprint density at radius 3 is 2.62 bits per heavy atom. The number of halogens is 1. The molecule has 0 aromatic heterocycles. The van der Waals surface area contributed by atoms with E-state index in [1.54, 1.807) is 12.1 Å². The summed E-state index contributed by atoms with van der Waals surface area (Å²) in [5.74, 6) is 0.885. The lowest BCUT2D eigenvalue weighted by atomic mass is 9.92. The molecule has 0 bridgehead atoms. The molecular weight excluding hydrogens is 282 g/mol. The molecule has 0 amide bonds. The highest BCUT2D eigenvalue weighted by atomic mass is 35.5. The summed E-state index contributed by atoms with van der Waals surface area (Å²) in [4.78, 5) is 0. The molecule has 1 aliphatic carbocycles. The number of aryl methyl sites for hydroxylation is 2. The third-order valence-electron chi connectivity index (χ3n) is 3.90. The van der Waals surface area contributed by atoms with Crippen molar-refractivity contribution < 1.29 is 4.74 Å². The Labute approximate surface area is 129 Å². The Morgan fingerprint density at radius 2 is 1.86 bits per heavy atom. The van der Waals surface area contributed by atoms with Crippen molar-refractivity contribution in [3.05, 3.63) is 63.7 Å². The molecule has 2 aromatic rings. The maximum atomic E-state index is 8.83. The van der Waals surface area contributed by atoms with Gasteiger partial charge in [-0.1, -0.05) is 23.7 Å². The van der Waals surface area contributed by atoms with E-state index in [2.05, 4.69) is 18.2 Å². The molecule has 2 aromatic carbocycles. The van der Waals surface area contributed by atoms with E-state index in [0.717, 1.165) is 17.7 Å². The Bertz CT molecular complexity index is 703. The van der Waals surface area contributed by atoms with Crippen LogP contribution >= 0.6 is 11.6 Å². The van der Waals surface area contributed by atoms with Gasteiger partial charge in [-0.3, -0.25) is 0 Å². The summed E-state index contributed by atoms with van der Waals surface area (Å²) in [6.45, 7) is 0.420. The van der Waals surface area contributed by atoms with E-state index < -0.39 is 0 Å². The summed E-state index contributed by atoms with van der Waals surface area (Å²) >= 11 is 6.16. The van der Waals surface area contributed by atoms with Crippen LogP contribution in [0.2, 0.25) is 5.02 Å². The van der Waals surface area contributed by atoms with Crippen molar-refractivity contribution in [2.45, 2.75) is 32.3 Å². The van der Waals surface area contributed by atoms with E-state index in [9.17, 15) is 0 Å². The van der Waals surface area contributed by atoms with Gasteiger partial charge in [0, 0.05) is 10.6 Å². The Kier molecular flexibility index (Phi) is 4.13. The molecule has 2 nitrogen and oxygen atoms in total. The molecule has 106 valence electrons. The van der Waals surface area contributed by atoms with Crippen LogP contribution < -0.4 is 4.74 Å². The van der Waals surface area contributed by atoms with Crippen molar-refractivity contribution in [1.29, 1.82) is 5.26 Å². The van der Waals surface area contributed by atoms with Gasteiger partial charge in [0.1, 0.15) is 12.4 Å². The van der Waals surface area contributed by atoms with Gasteiger partial charge in [-0.2, -0.15) is 5.26 Å². The third kappa shape index (κ3) is 3.20. The van der Waals surface area contributed by atoms with Crippen molar-refractivity contribution in [2.75, 3.05) is 0 Å². The number of fused-ring (bicyclic) bond motifs is 1. The van der Waals surface area contributed by atoms with Gasteiger partial charge in [0.05, 0.1) is 11.6 Å². The average Bonchev–Trinajstić information content (AvgIpc) is 2.53. The number of benzene rings is 2. The van der Waals surface area contributed by atoms with Crippen molar-refractivity contribution in [3.63, 3.8) is 0 Å². The van der Waals surface area contributed by atoms with Crippen LogP contribution in [-0.2, 0) is 19.4 Å². The second-order valence-corrected chi connectivity index (χ2v) is 5.75. The summed E-state index contributed by atoms with van der Waals surface area (Å²) in [5.41, 5.74) is 4.32. The molecule has 0 spiro atoms. The highest BCUT2D eigenvalue weighted by Gasteiger charge is 2.10. The fraction of sp³-hybridized carbons (Fsp3) is 0.278. The number of nitriles is 1. The summed E-state index contributed by atoms with van der Waals surface area (Å²) in [6, 6.07) is 13.7. The maximum Gasteiger partial charge on any atom is 0.120 e. The smallest absolute Gasteiger partial charge is 0.120 e. The van der Waals surface area contributed by atoms with Crippen LogP contribution in [0.25, 0.3) is 0 Å². The zero-order valence-corrected chi connectivity index (χ0v) is 12.5. The third-order valence-corrected chi connectivity index (χ3v) is 4.25. The molecule has 0 heterocycles. The monoisotopic (exact) mass is 297 g/mol. The van der Waals surface area contributed by atoms with Gasteiger partial charge in [-0.25, -0.2) is 0 Å². The standard InChI is InChI=1S/C18H16ClNO/c19-18-9-13(11-20)5-6-16(18)12-21-17-8-7-14-3-1-2-4-15(14)10-17/h5-10H,1-4,12H2. The molecule has 0 fully saturated rings. The van der Waals surface area contributed by atoms with Gasteiger partial charge in [0.15, 0.2) is 0 Å². The largest absolute Gasteiger partial charge is 0.489 e. The first-order valence-corrected chi connectivity index (χ1v) is 7.57. The van der Waals surface area contributed by atoms with Crippen LogP contribution in [0, 0.1) is 11.3 Å². The highest BCUT2D eigenvalue weighted by Crippen LogP contribution is 2.26. The van der Waals surface area contributed by atoms with Crippen LogP contribution in [0.15, 0.2) is 36.4 Å². The topological polar surface area (TPSA) is 33.0 Å². The molecule has 0 N–H and O–H groups in total. The quantitative estimate of drug-likeness (QED) is 0.825. The fourth-order valence-electron chi connectivity index (χ4n) is 2.69. The van der Waals surface area contributed by atoms with Crippen LogP contribution in [0.5, 0.6) is 5.75 Å². The second-order valence-electron chi connectivity index (χ2n) is 5.34. The predicted octanol–water partition coefficient (Wildman–Crippen LogP) is 4.67. The van der Waals surface area contributed by atoms with Crippen molar-refractivity contribution >= 4 is 11.6 Å². The van der Waals surface area contributed by atoms with Crippen molar-refractivity contribution in [1.82, 2.24) is 0 Å². The number of hydrogen-bond donors (Lipinski definition) is 0. The second kappa shape index (κ2) is 6.20. The summed E-state index contributed by atoms with van der Waals surface area (Å²) in [5, 5.41) is 9.41. The SMILES string of the molecule is N#Cc1ccc(COc2ccc3c(c2)CCCC3)c(Cl)c1. The van der Waals surface area contributed by atoms with Gasteiger partial charge < -0.3 is 4.74 Å². The minimum atomic E-state index is 0.420. The van der Waals surface area contributed by atoms with Crippen molar-refractivity contribution in [2.24, 2.45) is 0 Å². The lowest BCUT2D eigenvalue weighted by molar-refractivity contribution is 0.305. The Morgan fingerprint density at radius 1 is 1.05 bits per heavy atom. The van der Waals surface area contributed by atoms with Gasteiger partial charge in [-0.05, 0) is 61.1 Å². The van der Waals surface area contributed by atoms with E-state index in [-0.39, 0.29) is 0 Å². The first kappa shape index (κ1) is 14.0. The zero-order chi connectivity index (χ0) is 14.7. The first-order chi connectivity index (χ1) is 10.3. The normalized spacial score (nSPS) is 13.3. The minimum absolute atomic E-state index is 0.420. The molecular formula is C18H16ClNO. The van der Waals surface area contributed by atoms with Crippen molar-refractivity contribution in [3.8, 4) is 11.8 Å². The zero-order valence-electron chi connectivity index (χ0n) is 11.7. The molecule has 21 heavy (non-hydrogen) atoms. The molecule has 1 aliphatic rings. The van der Waals surface area contributed by atoms with Gasteiger partial charge >= 0.3 is 0 Å². The predicted molar refractivity (Wildman–Crippen MR) is 83.6 cm³/mol. The molecule has 0 atom stereocenters. The Hall–Kier alpha value is -1.98. The summed E-state index contributed by atoms with van der Waals surface area (Å²) in [6.07, 6.45) is 4.87. The van der Waals surface area contributed by atoms with Crippen LogP contribution in [0.3, 0.4) is 0 Å². The van der Waals surface area contributed by atoms with Gasteiger partial charge in [-0.15, -0.1) is 0 Å². The molecule has 3 heteroatoms. The number of nitrogens with zero attached hydrogens (tertiary/aromatic N) is 1. The number of ether oxygens (including phenoxy) is 1. The van der Waals surface area contributed by atoms with Crippen LogP contribution in [0.1, 0.15) is 35.1 Å². The number of hydrogen-bond acceptors (Lipinski definition) is 2. The highest BCUT2D eigenvalue weighted by molar-refractivity contribution is 6.31. The molecule has 0 saturated heterocycles. The van der Waals surface area contributed by atoms with Gasteiger partial charge in [0.2, 0.25) is 0 Å². The van der Waals surface area contributed by atoms with E-state index in [1.165, 1.54) is 30.4 Å². The van der Waals surface area contributed by atoms with E-state index in [1.807, 2.05) is 12.1 Å². The maximum absolute atomic E-state index is 8.83. The lowest BCUT2D eigenvalue weighted by Gasteiger charge is -2.17. The molecule has 3 rings (SSSR count). The summed E-state index contributed by atoms with van der Waals surface area (Å²) < 4.78 is 5.85. The van der Waals surface area contributed by atoms with Crippen LogP contribution in [-0.4, -0.2) is 0 Å².